The van der Waals surface area contributed by atoms with Gasteiger partial charge in [-0.2, -0.15) is 0 Å². The van der Waals surface area contributed by atoms with Gasteiger partial charge in [0.2, 0.25) is 0 Å². The third kappa shape index (κ3) is 3.04. The van der Waals surface area contributed by atoms with Crippen LogP contribution < -0.4 is 0 Å². The minimum Gasteiger partial charge on any atom is -0.465 e. The van der Waals surface area contributed by atoms with Crippen molar-refractivity contribution in [2.45, 2.75) is 4.90 Å². The molecule has 1 aromatic carbocycles. The van der Waals surface area contributed by atoms with Gasteiger partial charge in [-0.3, -0.25) is 0 Å². The number of rotatable bonds is 3. The van der Waals surface area contributed by atoms with Crippen LogP contribution in [0.25, 0.3) is 0 Å². The van der Waals surface area contributed by atoms with Gasteiger partial charge in [0.05, 0.1) is 23.8 Å². The second-order valence-corrected chi connectivity index (χ2v) is 5.25. The normalized spacial score (nSPS) is 11.6. The number of nitrogens with zero attached hydrogens (tertiary/aromatic N) is 1. The predicted molar refractivity (Wildman–Crippen MR) is 60.3 cm³/mol. The molecule has 0 aliphatic rings. The lowest BCUT2D eigenvalue weighted by Crippen LogP contribution is -2.06. The van der Waals surface area contributed by atoms with E-state index in [1.807, 2.05) is 0 Å². The van der Waals surface area contributed by atoms with Crippen LogP contribution in [0, 0.1) is 0 Å². The lowest BCUT2D eigenvalue weighted by atomic mass is 10.1. The lowest BCUT2D eigenvalue weighted by Gasteiger charge is -2.05. The van der Waals surface area contributed by atoms with Gasteiger partial charge < -0.3 is 9.94 Å². The molecule has 0 radical (unpaired) electrons. The Morgan fingerprint density at radius 3 is 2.59 bits per heavy atom. The van der Waals surface area contributed by atoms with Crippen LogP contribution in [0.15, 0.2) is 28.3 Å². The van der Waals surface area contributed by atoms with Crippen molar-refractivity contribution in [2.24, 2.45) is 5.16 Å². The Morgan fingerprint density at radius 1 is 1.47 bits per heavy atom. The van der Waals surface area contributed by atoms with E-state index in [0.717, 1.165) is 12.5 Å². The number of hydrogen-bond acceptors (Lipinski definition) is 6. The highest BCUT2D eigenvalue weighted by Crippen LogP contribution is 2.16. The quantitative estimate of drug-likeness (QED) is 0.372. The topological polar surface area (TPSA) is 93.0 Å². The Bertz CT molecular complexity index is 562. The van der Waals surface area contributed by atoms with E-state index >= 15 is 0 Å². The summed E-state index contributed by atoms with van der Waals surface area (Å²) in [6.07, 6.45) is 1.97. The van der Waals surface area contributed by atoms with Gasteiger partial charge in [-0.15, -0.1) is 0 Å². The third-order valence-corrected chi connectivity index (χ3v) is 3.20. The van der Waals surface area contributed by atoms with E-state index in [4.69, 9.17) is 5.21 Å². The minimum absolute atomic E-state index is 0.0250. The largest absolute Gasteiger partial charge is 0.465 e. The van der Waals surface area contributed by atoms with Gasteiger partial charge >= 0.3 is 5.97 Å². The molecule has 0 bridgehead atoms. The first-order valence-electron chi connectivity index (χ1n) is 4.50. The standard InChI is InChI=1S/C10H11NO5S/c1-16-10(12)7-3-4-9(17(2,14)15)8(5-7)6-11-13/h3-6,13H,1-2H3. The maximum atomic E-state index is 11.4. The highest BCUT2D eigenvalue weighted by Gasteiger charge is 2.15. The fourth-order valence-corrected chi connectivity index (χ4v) is 2.15. The van der Waals surface area contributed by atoms with Gasteiger partial charge in [-0.05, 0) is 18.2 Å². The minimum atomic E-state index is -3.46. The van der Waals surface area contributed by atoms with Crippen molar-refractivity contribution in [3.63, 3.8) is 0 Å². The molecule has 92 valence electrons. The Hall–Kier alpha value is -1.89. The number of carbonyl (C=O) groups is 1. The van der Waals surface area contributed by atoms with E-state index < -0.39 is 15.8 Å². The molecule has 17 heavy (non-hydrogen) atoms. The van der Waals surface area contributed by atoms with Crippen LogP contribution in [0.4, 0.5) is 0 Å². The summed E-state index contributed by atoms with van der Waals surface area (Å²) in [5.74, 6) is -0.599. The fraction of sp³-hybridized carbons (Fsp3) is 0.200. The highest BCUT2D eigenvalue weighted by atomic mass is 32.2. The summed E-state index contributed by atoms with van der Waals surface area (Å²) in [7, 11) is -2.24. The number of ether oxygens (including phenoxy) is 1. The van der Waals surface area contributed by atoms with Crippen LogP contribution in [0.2, 0.25) is 0 Å². The van der Waals surface area contributed by atoms with Crippen molar-refractivity contribution in [1.29, 1.82) is 0 Å². The van der Waals surface area contributed by atoms with Crippen molar-refractivity contribution in [1.82, 2.24) is 0 Å². The Balaban J connectivity index is 3.42. The van der Waals surface area contributed by atoms with E-state index in [2.05, 4.69) is 9.89 Å². The summed E-state index contributed by atoms with van der Waals surface area (Å²) < 4.78 is 27.3. The van der Waals surface area contributed by atoms with Crippen LogP contribution in [0.5, 0.6) is 0 Å². The molecule has 7 heteroatoms. The number of benzene rings is 1. The molecule has 0 aromatic heterocycles. The molecule has 0 saturated carbocycles. The van der Waals surface area contributed by atoms with Gasteiger partial charge in [0.15, 0.2) is 9.84 Å². The number of hydrogen-bond donors (Lipinski definition) is 1. The Labute approximate surface area is 98.4 Å². The molecule has 0 heterocycles. The summed E-state index contributed by atoms with van der Waals surface area (Å²) in [5.41, 5.74) is 0.299. The van der Waals surface area contributed by atoms with Gasteiger partial charge in [0.1, 0.15) is 0 Å². The molecular formula is C10H11NO5S. The second-order valence-electron chi connectivity index (χ2n) is 3.26. The predicted octanol–water partition coefficient (Wildman–Crippen LogP) is 0.685. The first kappa shape index (κ1) is 13.2. The molecule has 0 aliphatic carbocycles. The average Bonchev–Trinajstić information content (AvgIpc) is 2.27. The van der Waals surface area contributed by atoms with Crippen LogP contribution in [0.3, 0.4) is 0 Å². The number of oxime groups is 1. The molecule has 1 aromatic rings. The molecule has 0 unspecified atom stereocenters. The van der Waals surface area contributed by atoms with Crippen molar-refractivity contribution in [3.8, 4) is 0 Å². The summed E-state index contributed by atoms with van der Waals surface area (Å²) >= 11 is 0. The highest BCUT2D eigenvalue weighted by molar-refractivity contribution is 7.90. The van der Waals surface area contributed by atoms with Gasteiger partial charge in [-0.25, -0.2) is 13.2 Å². The van der Waals surface area contributed by atoms with Crippen molar-refractivity contribution in [2.75, 3.05) is 13.4 Å². The van der Waals surface area contributed by atoms with E-state index in [1.165, 1.54) is 25.3 Å². The maximum absolute atomic E-state index is 11.4. The molecule has 0 saturated heterocycles. The average molecular weight is 257 g/mol. The molecule has 6 nitrogen and oxygen atoms in total. The summed E-state index contributed by atoms with van der Waals surface area (Å²) in [6, 6.07) is 3.87. The number of carbonyl (C=O) groups excluding carboxylic acids is 1. The van der Waals surface area contributed by atoms with Crippen molar-refractivity contribution in [3.05, 3.63) is 29.3 Å². The molecule has 0 amide bonds. The first-order valence-corrected chi connectivity index (χ1v) is 6.39. The van der Waals surface area contributed by atoms with E-state index in [0.29, 0.717) is 0 Å². The molecule has 0 fully saturated rings. The SMILES string of the molecule is COC(=O)c1ccc(S(C)(=O)=O)c(C=NO)c1. The number of esters is 1. The summed E-state index contributed by atoms with van der Waals surface area (Å²) in [4.78, 5) is 11.2. The maximum Gasteiger partial charge on any atom is 0.337 e. The van der Waals surface area contributed by atoms with Crippen LogP contribution in [-0.2, 0) is 14.6 Å². The van der Waals surface area contributed by atoms with Crippen molar-refractivity contribution >= 4 is 22.0 Å². The van der Waals surface area contributed by atoms with E-state index in [9.17, 15) is 13.2 Å². The molecule has 0 aliphatic heterocycles. The first-order chi connectivity index (χ1) is 7.90. The zero-order chi connectivity index (χ0) is 13.1. The lowest BCUT2D eigenvalue weighted by molar-refractivity contribution is 0.0600. The molecule has 0 atom stereocenters. The van der Waals surface area contributed by atoms with E-state index in [1.54, 1.807) is 0 Å². The zero-order valence-corrected chi connectivity index (χ0v) is 10.1. The summed E-state index contributed by atoms with van der Waals surface area (Å²) in [6.45, 7) is 0. The fourth-order valence-electron chi connectivity index (χ4n) is 1.29. The number of methoxy groups -OCH3 is 1. The third-order valence-electron chi connectivity index (χ3n) is 2.03. The monoisotopic (exact) mass is 257 g/mol. The Morgan fingerprint density at radius 2 is 2.12 bits per heavy atom. The summed E-state index contributed by atoms with van der Waals surface area (Å²) in [5, 5.41) is 11.2. The zero-order valence-electron chi connectivity index (χ0n) is 9.25. The second kappa shape index (κ2) is 4.96. The van der Waals surface area contributed by atoms with Gasteiger partial charge in [-0.1, -0.05) is 5.16 Å². The van der Waals surface area contributed by atoms with Crippen molar-refractivity contribution < 1.29 is 23.2 Å². The van der Waals surface area contributed by atoms with Crippen LogP contribution in [-0.4, -0.2) is 39.2 Å². The van der Waals surface area contributed by atoms with Gasteiger partial charge in [0.25, 0.3) is 0 Å². The molecule has 0 spiro atoms. The molecule has 1 rings (SSSR count). The van der Waals surface area contributed by atoms with Crippen LogP contribution >= 0.6 is 0 Å². The number of sulfone groups is 1. The van der Waals surface area contributed by atoms with E-state index in [-0.39, 0.29) is 16.0 Å². The Kier molecular flexibility index (Phi) is 3.84. The molecule has 1 N–H and O–H groups in total. The van der Waals surface area contributed by atoms with Crippen LogP contribution in [0.1, 0.15) is 15.9 Å². The van der Waals surface area contributed by atoms with Gasteiger partial charge in [0, 0.05) is 11.8 Å². The smallest absolute Gasteiger partial charge is 0.337 e. The molecular weight excluding hydrogens is 246 g/mol.